The molecule has 1 aliphatic rings. The van der Waals surface area contributed by atoms with Crippen LogP contribution >= 0.6 is 0 Å². The van der Waals surface area contributed by atoms with Gasteiger partial charge in [-0.25, -0.2) is 9.97 Å². The highest BCUT2D eigenvalue weighted by molar-refractivity contribution is 6.07. The van der Waals surface area contributed by atoms with E-state index in [-0.39, 0.29) is 18.1 Å². The SMILES string of the molecule is Cc1cc(C)nc(Nc2ccc(NC(=O)c3ccc4c(c3)C(=O)CC(C)(C)O4)cc2)n1. The van der Waals surface area contributed by atoms with Gasteiger partial charge in [-0.2, -0.15) is 0 Å². The second-order valence-corrected chi connectivity index (χ2v) is 8.30. The van der Waals surface area contributed by atoms with Crippen LogP contribution in [-0.4, -0.2) is 27.3 Å². The molecule has 1 aromatic heterocycles. The lowest BCUT2D eigenvalue weighted by Crippen LogP contribution is -2.36. The van der Waals surface area contributed by atoms with Crippen LogP contribution in [-0.2, 0) is 0 Å². The van der Waals surface area contributed by atoms with Crippen molar-refractivity contribution in [2.24, 2.45) is 0 Å². The fourth-order valence-electron chi connectivity index (χ4n) is 3.54. The summed E-state index contributed by atoms with van der Waals surface area (Å²) in [6, 6.07) is 14.1. The third kappa shape index (κ3) is 4.71. The molecule has 1 aliphatic heterocycles. The van der Waals surface area contributed by atoms with Crippen molar-refractivity contribution in [1.29, 1.82) is 0 Å². The van der Waals surface area contributed by atoms with Crippen LogP contribution in [0.2, 0.25) is 0 Å². The zero-order valence-electron chi connectivity index (χ0n) is 17.9. The first-order valence-electron chi connectivity index (χ1n) is 10.1. The van der Waals surface area contributed by atoms with Crippen molar-refractivity contribution in [3.8, 4) is 5.75 Å². The highest BCUT2D eigenvalue weighted by Gasteiger charge is 2.32. The van der Waals surface area contributed by atoms with Gasteiger partial charge in [-0.3, -0.25) is 9.59 Å². The number of hydrogen-bond donors (Lipinski definition) is 2. The topological polar surface area (TPSA) is 93.2 Å². The van der Waals surface area contributed by atoms with Crippen LogP contribution < -0.4 is 15.4 Å². The summed E-state index contributed by atoms with van der Waals surface area (Å²) in [6.07, 6.45) is 0.281. The van der Waals surface area contributed by atoms with Crippen molar-refractivity contribution in [3.05, 3.63) is 71.0 Å². The Morgan fingerprint density at radius 2 is 1.61 bits per heavy atom. The van der Waals surface area contributed by atoms with E-state index in [9.17, 15) is 9.59 Å². The number of carbonyl (C=O) groups is 2. The second-order valence-electron chi connectivity index (χ2n) is 8.30. The molecule has 0 saturated carbocycles. The van der Waals surface area contributed by atoms with Crippen LogP contribution in [0.1, 0.15) is 52.4 Å². The molecule has 0 radical (unpaired) electrons. The highest BCUT2D eigenvalue weighted by Crippen LogP contribution is 2.33. The van der Waals surface area contributed by atoms with Gasteiger partial charge in [0, 0.05) is 28.3 Å². The number of hydrogen-bond acceptors (Lipinski definition) is 6. The molecule has 7 nitrogen and oxygen atoms in total. The molecule has 0 aliphatic carbocycles. The summed E-state index contributed by atoms with van der Waals surface area (Å²) in [6.45, 7) is 7.58. The summed E-state index contributed by atoms with van der Waals surface area (Å²) in [5.74, 6) is 0.726. The first-order chi connectivity index (χ1) is 14.7. The Bertz CT molecular complexity index is 1150. The molecule has 31 heavy (non-hydrogen) atoms. The van der Waals surface area contributed by atoms with Crippen molar-refractivity contribution in [2.75, 3.05) is 10.6 Å². The molecule has 0 atom stereocenters. The van der Waals surface area contributed by atoms with Crippen molar-refractivity contribution in [2.45, 2.75) is 39.7 Å². The molecule has 2 heterocycles. The number of ketones is 1. The number of ether oxygens (including phenoxy) is 1. The van der Waals surface area contributed by atoms with E-state index in [0.717, 1.165) is 17.1 Å². The first-order valence-corrected chi connectivity index (χ1v) is 10.1. The smallest absolute Gasteiger partial charge is 0.255 e. The van der Waals surface area contributed by atoms with Crippen LogP contribution in [0.3, 0.4) is 0 Å². The van der Waals surface area contributed by atoms with Gasteiger partial charge in [-0.05, 0) is 76.2 Å². The maximum atomic E-state index is 12.7. The minimum Gasteiger partial charge on any atom is -0.487 e. The van der Waals surface area contributed by atoms with Crippen LogP contribution in [0, 0.1) is 13.8 Å². The third-order valence-corrected chi connectivity index (χ3v) is 4.90. The van der Waals surface area contributed by atoms with Crippen molar-refractivity contribution >= 4 is 29.0 Å². The molecule has 1 amide bonds. The molecule has 0 unspecified atom stereocenters. The number of amides is 1. The van der Waals surface area contributed by atoms with Gasteiger partial charge in [0.25, 0.3) is 5.91 Å². The van der Waals surface area contributed by atoms with E-state index in [1.165, 1.54) is 0 Å². The number of anilines is 3. The van der Waals surface area contributed by atoms with Crippen LogP contribution in [0.5, 0.6) is 5.75 Å². The van der Waals surface area contributed by atoms with Gasteiger partial charge in [-0.15, -0.1) is 0 Å². The quantitative estimate of drug-likeness (QED) is 0.633. The maximum Gasteiger partial charge on any atom is 0.255 e. The second kappa shape index (κ2) is 7.83. The summed E-state index contributed by atoms with van der Waals surface area (Å²) in [5, 5.41) is 6.01. The Labute approximate surface area is 180 Å². The van der Waals surface area contributed by atoms with Crippen LogP contribution in [0.4, 0.5) is 17.3 Å². The maximum absolute atomic E-state index is 12.7. The molecule has 0 saturated heterocycles. The number of carbonyl (C=O) groups excluding carboxylic acids is 2. The lowest BCUT2D eigenvalue weighted by molar-refractivity contribution is 0.0620. The zero-order chi connectivity index (χ0) is 22.2. The number of aryl methyl sites for hydroxylation is 2. The molecule has 7 heteroatoms. The summed E-state index contributed by atoms with van der Waals surface area (Å²) < 4.78 is 5.85. The van der Waals surface area contributed by atoms with Gasteiger partial charge in [0.05, 0.1) is 12.0 Å². The summed E-state index contributed by atoms with van der Waals surface area (Å²) in [5.41, 5.74) is 3.53. The predicted octanol–water partition coefficient (Wildman–Crippen LogP) is 4.83. The Hall–Kier alpha value is -3.74. The van der Waals surface area contributed by atoms with Crippen LogP contribution in [0.25, 0.3) is 0 Å². The molecule has 0 fully saturated rings. The van der Waals surface area contributed by atoms with E-state index in [2.05, 4.69) is 20.6 Å². The van der Waals surface area contributed by atoms with Crippen LogP contribution in [0.15, 0.2) is 48.5 Å². The Balaban J connectivity index is 1.45. The Morgan fingerprint density at radius 1 is 0.968 bits per heavy atom. The number of nitrogens with zero attached hydrogens (tertiary/aromatic N) is 2. The Morgan fingerprint density at radius 3 is 2.29 bits per heavy atom. The number of nitrogens with one attached hydrogen (secondary N) is 2. The molecule has 158 valence electrons. The molecular weight excluding hydrogens is 392 g/mol. The highest BCUT2D eigenvalue weighted by atomic mass is 16.5. The molecule has 4 rings (SSSR count). The molecule has 0 spiro atoms. The van der Waals surface area contributed by atoms with Gasteiger partial charge in [0.15, 0.2) is 5.78 Å². The number of Topliss-reactive ketones (excluding diaryl/α,β-unsaturated/α-hetero) is 1. The summed E-state index contributed by atoms with van der Waals surface area (Å²) in [7, 11) is 0. The van der Waals surface area contributed by atoms with Gasteiger partial charge in [0.2, 0.25) is 5.95 Å². The molecular formula is C24H24N4O3. The average Bonchev–Trinajstić information content (AvgIpc) is 2.67. The number of aromatic nitrogens is 2. The number of fused-ring (bicyclic) bond motifs is 1. The minimum absolute atomic E-state index is 0.0232. The Kier molecular flexibility index (Phi) is 5.19. The normalized spacial score (nSPS) is 14.4. The zero-order valence-corrected chi connectivity index (χ0v) is 17.9. The van der Waals surface area contributed by atoms with E-state index in [1.807, 2.05) is 45.9 Å². The summed E-state index contributed by atoms with van der Waals surface area (Å²) in [4.78, 5) is 33.8. The fraction of sp³-hybridized carbons (Fsp3) is 0.250. The van der Waals surface area contributed by atoms with E-state index >= 15 is 0 Å². The molecule has 3 aromatic rings. The largest absolute Gasteiger partial charge is 0.487 e. The van der Waals surface area contributed by atoms with E-state index < -0.39 is 5.60 Å². The van der Waals surface area contributed by atoms with E-state index in [1.54, 1.807) is 30.3 Å². The van der Waals surface area contributed by atoms with E-state index in [4.69, 9.17) is 4.74 Å². The summed E-state index contributed by atoms with van der Waals surface area (Å²) >= 11 is 0. The molecule has 2 aromatic carbocycles. The van der Waals surface area contributed by atoms with Crippen molar-refractivity contribution in [3.63, 3.8) is 0 Å². The molecule has 2 N–H and O–H groups in total. The van der Waals surface area contributed by atoms with Gasteiger partial charge >= 0.3 is 0 Å². The average molecular weight is 416 g/mol. The lowest BCUT2D eigenvalue weighted by Gasteiger charge is -2.31. The van der Waals surface area contributed by atoms with E-state index in [0.29, 0.717) is 28.5 Å². The number of benzene rings is 2. The lowest BCUT2D eigenvalue weighted by atomic mass is 9.92. The predicted molar refractivity (Wildman–Crippen MR) is 119 cm³/mol. The van der Waals surface area contributed by atoms with Crippen molar-refractivity contribution < 1.29 is 14.3 Å². The van der Waals surface area contributed by atoms with Gasteiger partial charge in [0.1, 0.15) is 11.4 Å². The van der Waals surface area contributed by atoms with Gasteiger partial charge in [-0.1, -0.05) is 0 Å². The third-order valence-electron chi connectivity index (χ3n) is 4.90. The standard InChI is InChI=1S/C24H24N4O3/c1-14-11-15(2)26-23(25-14)28-18-8-6-17(7-9-18)27-22(30)16-5-10-21-19(12-16)20(29)13-24(3,4)31-21/h5-12H,13H2,1-4H3,(H,27,30)(H,25,26,28). The molecule has 0 bridgehead atoms. The van der Waals surface area contributed by atoms with Crippen molar-refractivity contribution in [1.82, 2.24) is 9.97 Å². The monoisotopic (exact) mass is 416 g/mol. The fourth-order valence-corrected chi connectivity index (χ4v) is 3.54. The number of rotatable bonds is 4. The van der Waals surface area contributed by atoms with Gasteiger partial charge < -0.3 is 15.4 Å². The first kappa shape index (κ1) is 20.5. The minimum atomic E-state index is -0.536.